The number of halogens is 1. The number of anilines is 1. The molecule has 0 spiro atoms. The van der Waals surface area contributed by atoms with Crippen molar-refractivity contribution in [3.63, 3.8) is 0 Å². The molecule has 1 heterocycles. The van der Waals surface area contributed by atoms with Crippen LogP contribution in [0.15, 0.2) is 64.0 Å². The average molecular weight is 343 g/mol. The highest BCUT2D eigenvalue weighted by Crippen LogP contribution is 2.30. The zero-order valence-electron chi connectivity index (χ0n) is 10.9. The van der Waals surface area contributed by atoms with E-state index in [-0.39, 0.29) is 11.5 Å². The number of amides is 1. The summed E-state index contributed by atoms with van der Waals surface area (Å²) < 4.78 is 0.965. The SMILES string of the molecule is O=C(Nc1ccc(Br)c2ccccc12)c1cc[nH]c(=O)c1. The largest absolute Gasteiger partial charge is 0.329 e. The fourth-order valence-corrected chi connectivity index (χ4v) is 2.63. The molecule has 2 aromatic carbocycles. The van der Waals surface area contributed by atoms with E-state index in [9.17, 15) is 9.59 Å². The van der Waals surface area contributed by atoms with Crippen LogP contribution >= 0.6 is 15.9 Å². The van der Waals surface area contributed by atoms with Crippen molar-refractivity contribution in [2.75, 3.05) is 5.32 Å². The Morgan fingerprint density at radius 1 is 1.05 bits per heavy atom. The Balaban J connectivity index is 2.01. The Labute approximate surface area is 128 Å². The molecule has 21 heavy (non-hydrogen) atoms. The van der Waals surface area contributed by atoms with Gasteiger partial charge in [-0.3, -0.25) is 9.59 Å². The number of pyridine rings is 1. The van der Waals surface area contributed by atoms with Crippen LogP contribution in [0.2, 0.25) is 0 Å². The molecule has 3 aromatic rings. The summed E-state index contributed by atoms with van der Waals surface area (Å²) in [6.07, 6.45) is 1.46. The Bertz CT molecular complexity index is 887. The standard InChI is InChI=1S/C16H11BrN2O2/c17-13-5-6-14(12-4-2-1-3-11(12)13)19-16(21)10-7-8-18-15(20)9-10/h1-9H,(H,18,20)(H,19,21). The normalized spacial score (nSPS) is 10.5. The molecule has 2 N–H and O–H groups in total. The summed E-state index contributed by atoms with van der Waals surface area (Å²) in [4.78, 5) is 26.0. The predicted octanol–water partition coefficient (Wildman–Crippen LogP) is 3.54. The van der Waals surface area contributed by atoms with Gasteiger partial charge in [0.25, 0.3) is 5.91 Å². The number of hydrogen-bond acceptors (Lipinski definition) is 2. The van der Waals surface area contributed by atoms with Gasteiger partial charge in [0, 0.05) is 33.4 Å². The fraction of sp³-hybridized carbons (Fsp3) is 0. The van der Waals surface area contributed by atoms with Crippen molar-refractivity contribution < 1.29 is 4.79 Å². The quantitative estimate of drug-likeness (QED) is 0.748. The van der Waals surface area contributed by atoms with Crippen molar-refractivity contribution in [3.8, 4) is 0 Å². The van der Waals surface area contributed by atoms with Crippen LogP contribution in [-0.2, 0) is 0 Å². The van der Waals surface area contributed by atoms with E-state index in [4.69, 9.17) is 0 Å². The maximum Gasteiger partial charge on any atom is 0.255 e. The molecular formula is C16H11BrN2O2. The number of nitrogens with one attached hydrogen (secondary N) is 2. The van der Waals surface area contributed by atoms with Gasteiger partial charge in [-0.25, -0.2) is 0 Å². The topological polar surface area (TPSA) is 62.0 Å². The van der Waals surface area contributed by atoms with Crippen LogP contribution in [0, 0.1) is 0 Å². The lowest BCUT2D eigenvalue weighted by atomic mass is 10.1. The molecule has 1 amide bonds. The monoisotopic (exact) mass is 342 g/mol. The number of rotatable bonds is 2. The number of carbonyl (C=O) groups is 1. The fourth-order valence-electron chi connectivity index (χ4n) is 2.15. The summed E-state index contributed by atoms with van der Waals surface area (Å²) in [5.74, 6) is -0.312. The van der Waals surface area contributed by atoms with Crippen molar-refractivity contribution in [1.82, 2.24) is 4.98 Å². The van der Waals surface area contributed by atoms with Crippen LogP contribution in [0.3, 0.4) is 0 Å². The van der Waals surface area contributed by atoms with Gasteiger partial charge in [-0.1, -0.05) is 40.2 Å². The first-order valence-corrected chi connectivity index (χ1v) is 7.12. The van der Waals surface area contributed by atoms with Crippen molar-refractivity contribution in [2.24, 2.45) is 0 Å². The van der Waals surface area contributed by atoms with E-state index in [0.29, 0.717) is 11.3 Å². The molecule has 0 bridgehead atoms. The molecule has 5 heteroatoms. The Kier molecular flexibility index (Phi) is 3.58. The van der Waals surface area contributed by atoms with Gasteiger partial charge in [0.1, 0.15) is 0 Å². The minimum absolute atomic E-state index is 0.302. The number of aromatic amines is 1. The Morgan fingerprint density at radius 2 is 1.81 bits per heavy atom. The zero-order chi connectivity index (χ0) is 14.8. The molecule has 0 aliphatic rings. The minimum atomic E-state index is -0.312. The van der Waals surface area contributed by atoms with Gasteiger partial charge in [-0.2, -0.15) is 0 Å². The summed E-state index contributed by atoms with van der Waals surface area (Å²) in [7, 11) is 0. The summed E-state index contributed by atoms with van der Waals surface area (Å²) >= 11 is 3.49. The van der Waals surface area contributed by atoms with Crippen LogP contribution in [0.25, 0.3) is 10.8 Å². The predicted molar refractivity (Wildman–Crippen MR) is 86.7 cm³/mol. The third kappa shape index (κ3) is 2.73. The smallest absolute Gasteiger partial charge is 0.255 e. The summed E-state index contributed by atoms with van der Waals surface area (Å²) in [5, 5.41) is 4.79. The summed E-state index contributed by atoms with van der Waals surface area (Å²) in [6.45, 7) is 0. The maximum absolute atomic E-state index is 12.2. The van der Waals surface area contributed by atoms with Crippen LogP contribution < -0.4 is 10.9 Å². The van der Waals surface area contributed by atoms with Crippen molar-refractivity contribution >= 4 is 38.3 Å². The molecular weight excluding hydrogens is 332 g/mol. The van der Waals surface area contributed by atoms with Gasteiger partial charge in [0.2, 0.25) is 5.56 Å². The van der Waals surface area contributed by atoms with E-state index in [2.05, 4.69) is 26.2 Å². The first kappa shape index (κ1) is 13.6. The molecule has 104 valence electrons. The molecule has 0 radical (unpaired) electrons. The second-order valence-electron chi connectivity index (χ2n) is 4.54. The molecule has 0 saturated carbocycles. The zero-order valence-corrected chi connectivity index (χ0v) is 12.5. The van der Waals surface area contributed by atoms with E-state index in [1.807, 2.05) is 36.4 Å². The first-order chi connectivity index (χ1) is 10.1. The molecule has 0 atom stereocenters. The van der Waals surface area contributed by atoms with E-state index >= 15 is 0 Å². The highest BCUT2D eigenvalue weighted by Gasteiger charge is 2.09. The lowest BCUT2D eigenvalue weighted by Crippen LogP contribution is -2.15. The van der Waals surface area contributed by atoms with Gasteiger partial charge < -0.3 is 10.3 Å². The van der Waals surface area contributed by atoms with Gasteiger partial charge >= 0.3 is 0 Å². The Hall–Kier alpha value is -2.40. The molecule has 0 unspecified atom stereocenters. The number of hydrogen-bond donors (Lipinski definition) is 2. The number of fused-ring (bicyclic) bond motifs is 1. The number of H-pyrrole nitrogens is 1. The molecule has 0 saturated heterocycles. The van der Waals surface area contributed by atoms with Crippen LogP contribution in [0.5, 0.6) is 0 Å². The highest BCUT2D eigenvalue weighted by molar-refractivity contribution is 9.10. The van der Waals surface area contributed by atoms with Gasteiger partial charge in [-0.05, 0) is 23.6 Å². The molecule has 0 aliphatic heterocycles. The highest BCUT2D eigenvalue weighted by atomic mass is 79.9. The van der Waals surface area contributed by atoms with Crippen LogP contribution in [-0.4, -0.2) is 10.9 Å². The minimum Gasteiger partial charge on any atom is -0.329 e. The Morgan fingerprint density at radius 3 is 2.57 bits per heavy atom. The van der Waals surface area contributed by atoms with Gasteiger partial charge in [0.05, 0.1) is 0 Å². The first-order valence-electron chi connectivity index (χ1n) is 6.32. The van der Waals surface area contributed by atoms with E-state index < -0.39 is 0 Å². The van der Waals surface area contributed by atoms with Crippen LogP contribution in [0.4, 0.5) is 5.69 Å². The number of carbonyl (C=O) groups excluding carboxylic acids is 1. The molecule has 4 nitrogen and oxygen atoms in total. The summed E-state index contributed by atoms with van der Waals surface area (Å²) in [6, 6.07) is 14.3. The third-order valence-electron chi connectivity index (χ3n) is 3.16. The molecule has 1 aromatic heterocycles. The molecule has 0 aliphatic carbocycles. The van der Waals surface area contributed by atoms with E-state index in [1.165, 1.54) is 12.3 Å². The maximum atomic E-state index is 12.2. The summed E-state index contributed by atoms with van der Waals surface area (Å²) in [5.41, 5.74) is 0.730. The van der Waals surface area contributed by atoms with Crippen LogP contribution in [0.1, 0.15) is 10.4 Å². The molecule has 0 fully saturated rings. The average Bonchev–Trinajstić information content (AvgIpc) is 2.50. The van der Waals surface area contributed by atoms with Crippen molar-refractivity contribution in [2.45, 2.75) is 0 Å². The second kappa shape index (κ2) is 5.54. The number of aromatic nitrogens is 1. The lowest BCUT2D eigenvalue weighted by Gasteiger charge is -2.10. The van der Waals surface area contributed by atoms with Crippen molar-refractivity contribution in [3.05, 3.63) is 75.1 Å². The second-order valence-corrected chi connectivity index (χ2v) is 5.39. The molecule has 3 rings (SSSR count). The van der Waals surface area contributed by atoms with Crippen molar-refractivity contribution in [1.29, 1.82) is 0 Å². The van der Waals surface area contributed by atoms with E-state index in [1.54, 1.807) is 6.07 Å². The third-order valence-corrected chi connectivity index (χ3v) is 3.85. The van der Waals surface area contributed by atoms with Gasteiger partial charge in [0.15, 0.2) is 0 Å². The van der Waals surface area contributed by atoms with E-state index in [0.717, 1.165) is 15.2 Å². The lowest BCUT2D eigenvalue weighted by molar-refractivity contribution is 0.102. The number of benzene rings is 2. The van der Waals surface area contributed by atoms with Gasteiger partial charge in [-0.15, -0.1) is 0 Å².